The number of carboxylic acids is 1. The van der Waals surface area contributed by atoms with Crippen LogP contribution >= 0.6 is 0 Å². The molecule has 2 aromatic carbocycles. The third-order valence-corrected chi connectivity index (χ3v) is 3.39. The third kappa shape index (κ3) is 3.24. The van der Waals surface area contributed by atoms with Crippen LogP contribution < -0.4 is 4.74 Å². The molecule has 3 nitrogen and oxygen atoms in total. The Morgan fingerprint density at radius 1 is 1.23 bits per heavy atom. The van der Waals surface area contributed by atoms with E-state index >= 15 is 0 Å². The monoisotopic (exact) mass is 306 g/mol. The van der Waals surface area contributed by atoms with Gasteiger partial charge in [-0.15, -0.1) is 0 Å². The minimum atomic E-state index is -1.11. The molecular weight excluding hydrogens is 290 g/mol. The van der Waals surface area contributed by atoms with E-state index in [9.17, 15) is 13.6 Å². The van der Waals surface area contributed by atoms with Crippen LogP contribution in [0.4, 0.5) is 8.78 Å². The second-order valence-corrected chi connectivity index (χ2v) is 4.87. The Hall–Kier alpha value is -2.43. The van der Waals surface area contributed by atoms with Gasteiger partial charge in [0, 0.05) is 11.1 Å². The zero-order valence-corrected chi connectivity index (χ0v) is 12.3. The number of ether oxygens (including phenoxy) is 1. The molecule has 0 spiro atoms. The minimum Gasteiger partial charge on any atom is -0.493 e. The molecule has 0 radical (unpaired) electrons. The van der Waals surface area contributed by atoms with E-state index in [-0.39, 0.29) is 5.56 Å². The molecule has 0 saturated heterocycles. The number of hydrogen-bond donors (Lipinski definition) is 1. The van der Waals surface area contributed by atoms with Crippen molar-refractivity contribution < 1.29 is 23.4 Å². The van der Waals surface area contributed by atoms with E-state index in [4.69, 9.17) is 9.84 Å². The maximum Gasteiger partial charge on any atom is 0.310 e. The molecule has 0 fully saturated rings. The topological polar surface area (TPSA) is 46.5 Å². The van der Waals surface area contributed by atoms with Gasteiger partial charge in [-0.3, -0.25) is 4.79 Å². The van der Waals surface area contributed by atoms with E-state index in [2.05, 4.69) is 0 Å². The normalized spacial score (nSPS) is 12.0. The molecule has 22 heavy (non-hydrogen) atoms. The van der Waals surface area contributed by atoms with Crippen LogP contribution in [-0.4, -0.2) is 17.7 Å². The molecule has 0 amide bonds. The molecule has 0 bridgehead atoms. The first-order valence-corrected chi connectivity index (χ1v) is 6.89. The maximum absolute atomic E-state index is 14.3. The zero-order valence-electron chi connectivity index (χ0n) is 12.3. The molecule has 5 heteroatoms. The largest absolute Gasteiger partial charge is 0.493 e. The van der Waals surface area contributed by atoms with E-state index < -0.39 is 23.5 Å². The Kier molecular flexibility index (Phi) is 4.75. The summed E-state index contributed by atoms with van der Waals surface area (Å²) >= 11 is 0. The lowest BCUT2D eigenvalue weighted by Crippen LogP contribution is -2.10. The van der Waals surface area contributed by atoms with Crippen LogP contribution in [0.3, 0.4) is 0 Å². The van der Waals surface area contributed by atoms with Gasteiger partial charge in [0.1, 0.15) is 17.4 Å². The maximum atomic E-state index is 14.3. The fourth-order valence-electron chi connectivity index (χ4n) is 2.16. The van der Waals surface area contributed by atoms with Crippen molar-refractivity contribution in [2.45, 2.75) is 19.8 Å². The molecule has 116 valence electrons. The fraction of sp³-hybridized carbons (Fsp3) is 0.235. The van der Waals surface area contributed by atoms with Crippen LogP contribution in [0.5, 0.6) is 5.75 Å². The van der Waals surface area contributed by atoms with Crippen molar-refractivity contribution >= 4 is 5.97 Å². The molecule has 2 aromatic rings. The lowest BCUT2D eigenvalue weighted by Gasteiger charge is -2.15. The van der Waals surface area contributed by atoms with Crippen molar-refractivity contribution in [1.82, 2.24) is 0 Å². The standard InChI is InChI=1S/C17H16F2O3/c1-3-22-16-9-13(10(2)17(20)21)15(19)8-14(16)11-4-6-12(18)7-5-11/h4-10H,3H2,1-2H3,(H,20,21). The van der Waals surface area contributed by atoms with Crippen molar-refractivity contribution in [3.8, 4) is 16.9 Å². The van der Waals surface area contributed by atoms with Gasteiger partial charge in [-0.05, 0) is 43.7 Å². The Labute approximate surface area is 127 Å². The Morgan fingerprint density at radius 3 is 2.41 bits per heavy atom. The number of halogens is 2. The van der Waals surface area contributed by atoms with Gasteiger partial charge in [0.2, 0.25) is 0 Å². The molecule has 1 atom stereocenters. The molecular formula is C17H16F2O3. The number of hydrogen-bond acceptors (Lipinski definition) is 2. The Bertz CT molecular complexity index is 681. The van der Waals surface area contributed by atoms with Crippen LogP contribution in [0.2, 0.25) is 0 Å². The highest BCUT2D eigenvalue weighted by molar-refractivity contribution is 5.78. The summed E-state index contributed by atoms with van der Waals surface area (Å²) in [4.78, 5) is 11.1. The fourth-order valence-corrected chi connectivity index (χ4v) is 2.16. The van der Waals surface area contributed by atoms with Crippen molar-refractivity contribution in [2.24, 2.45) is 0 Å². The van der Waals surface area contributed by atoms with Crippen LogP contribution in [0, 0.1) is 11.6 Å². The summed E-state index contributed by atoms with van der Waals surface area (Å²) in [5.74, 6) is -2.74. The summed E-state index contributed by atoms with van der Waals surface area (Å²) in [6.07, 6.45) is 0. The van der Waals surface area contributed by atoms with Crippen LogP contribution in [0.25, 0.3) is 11.1 Å². The molecule has 1 N–H and O–H groups in total. The predicted molar refractivity (Wildman–Crippen MR) is 79.0 cm³/mol. The Balaban J connectivity index is 2.56. The summed E-state index contributed by atoms with van der Waals surface area (Å²) in [6.45, 7) is 3.53. The van der Waals surface area contributed by atoms with Gasteiger partial charge in [0.05, 0.1) is 12.5 Å². The lowest BCUT2D eigenvalue weighted by molar-refractivity contribution is -0.138. The predicted octanol–water partition coefficient (Wildman–Crippen LogP) is 4.22. The number of rotatable bonds is 5. The first kappa shape index (κ1) is 15.9. The summed E-state index contributed by atoms with van der Waals surface area (Å²) in [6, 6.07) is 8.22. The van der Waals surface area contributed by atoms with Crippen LogP contribution in [0.1, 0.15) is 25.3 Å². The van der Waals surface area contributed by atoms with Crippen molar-refractivity contribution in [1.29, 1.82) is 0 Å². The van der Waals surface area contributed by atoms with E-state index in [1.165, 1.54) is 43.3 Å². The molecule has 2 rings (SSSR count). The molecule has 0 aliphatic rings. The molecule has 0 aromatic heterocycles. The van der Waals surface area contributed by atoms with Gasteiger partial charge in [-0.2, -0.15) is 0 Å². The third-order valence-electron chi connectivity index (χ3n) is 3.39. The summed E-state index contributed by atoms with van der Waals surface area (Å²) < 4.78 is 32.8. The van der Waals surface area contributed by atoms with Gasteiger partial charge in [-0.1, -0.05) is 12.1 Å². The van der Waals surface area contributed by atoms with E-state index in [0.29, 0.717) is 23.5 Å². The van der Waals surface area contributed by atoms with Crippen molar-refractivity contribution in [3.63, 3.8) is 0 Å². The van der Waals surface area contributed by atoms with Gasteiger partial charge >= 0.3 is 5.97 Å². The minimum absolute atomic E-state index is 0.0572. The first-order valence-electron chi connectivity index (χ1n) is 6.89. The molecule has 0 heterocycles. The molecule has 0 saturated carbocycles. The Morgan fingerprint density at radius 2 is 1.86 bits per heavy atom. The highest BCUT2D eigenvalue weighted by Gasteiger charge is 2.21. The summed E-state index contributed by atoms with van der Waals surface area (Å²) in [7, 11) is 0. The van der Waals surface area contributed by atoms with Crippen molar-refractivity contribution in [3.05, 3.63) is 53.6 Å². The average Bonchev–Trinajstić information content (AvgIpc) is 2.49. The van der Waals surface area contributed by atoms with Crippen molar-refractivity contribution in [2.75, 3.05) is 6.61 Å². The van der Waals surface area contributed by atoms with Crippen LogP contribution in [0.15, 0.2) is 36.4 Å². The van der Waals surface area contributed by atoms with E-state index in [1.807, 2.05) is 0 Å². The average molecular weight is 306 g/mol. The molecule has 0 aliphatic carbocycles. The first-order chi connectivity index (χ1) is 10.4. The van der Waals surface area contributed by atoms with E-state index in [0.717, 1.165) is 0 Å². The van der Waals surface area contributed by atoms with Crippen LogP contribution in [-0.2, 0) is 4.79 Å². The van der Waals surface area contributed by atoms with E-state index in [1.54, 1.807) is 6.92 Å². The second kappa shape index (κ2) is 6.56. The highest BCUT2D eigenvalue weighted by Crippen LogP contribution is 2.35. The summed E-state index contributed by atoms with van der Waals surface area (Å²) in [5, 5.41) is 9.05. The molecule has 1 unspecified atom stereocenters. The van der Waals surface area contributed by atoms with Gasteiger partial charge in [0.25, 0.3) is 0 Å². The number of benzene rings is 2. The number of carbonyl (C=O) groups is 1. The summed E-state index contributed by atoms with van der Waals surface area (Å²) in [5.41, 5.74) is 1.11. The van der Waals surface area contributed by atoms with Gasteiger partial charge in [0.15, 0.2) is 0 Å². The number of aliphatic carboxylic acids is 1. The zero-order chi connectivity index (χ0) is 16.3. The quantitative estimate of drug-likeness (QED) is 0.899. The lowest BCUT2D eigenvalue weighted by atomic mass is 9.96. The SMILES string of the molecule is CCOc1cc(C(C)C(=O)O)c(F)cc1-c1ccc(F)cc1. The highest BCUT2D eigenvalue weighted by atomic mass is 19.1. The van der Waals surface area contributed by atoms with Gasteiger partial charge in [-0.25, -0.2) is 8.78 Å². The van der Waals surface area contributed by atoms with Gasteiger partial charge < -0.3 is 9.84 Å². The molecule has 0 aliphatic heterocycles. The number of carboxylic acid groups (broad SMARTS) is 1. The second-order valence-electron chi connectivity index (χ2n) is 4.87. The smallest absolute Gasteiger partial charge is 0.310 e.